The number of amides is 1. The summed E-state index contributed by atoms with van der Waals surface area (Å²) < 4.78 is 5.38. The zero-order valence-electron chi connectivity index (χ0n) is 13.4. The number of nitrogens with one attached hydrogen (secondary N) is 1. The van der Waals surface area contributed by atoms with Crippen LogP contribution in [-0.4, -0.2) is 17.5 Å². The van der Waals surface area contributed by atoms with E-state index >= 15 is 0 Å². The molecule has 3 aromatic rings. The maximum Gasteiger partial charge on any atom is 0.251 e. The van der Waals surface area contributed by atoms with E-state index in [-0.39, 0.29) is 5.91 Å². The summed E-state index contributed by atoms with van der Waals surface area (Å²) in [6.07, 6.45) is 1.79. The van der Waals surface area contributed by atoms with Crippen LogP contribution in [0.3, 0.4) is 0 Å². The third-order valence-corrected chi connectivity index (χ3v) is 4.31. The van der Waals surface area contributed by atoms with Gasteiger partial charge in [0.05, 0.1) is 6.61 Å². The Labute approximate surface area is 145 Å². The molecule has 1 amide bonds. The number of carbonyl (C=O) groups excluding carboxylic acids is 1. The molecule has 122 valence electrons. The molecule has 2 aromatic carbocycles. The fourth-order valence-electron chi connectivity index (χ4n) is 2.33. The highest BCUT2D eigenvalue weighted by atomic mass is 32.1. The Morgan fingerprint density at radius 2 is 2.04 bits per heavy atom. The normalized spacial score (nSPS) is 10.4. The first-order chi connectivity index (χ1) is 11.8. The zero-order valence-corrected chi connectivity index (χ0v) is 14.2. The summed E-state index contributed by atoms with van der Waals surface area (Å²) in [6.45, 7) is 3.02. The van der Waals surface area contributed by atoms with Gasteiger partial charge in [-0.15, -0.1) is 11.3 Å². The van der Waals surface area contributed by atoms with E-state index in [1.165, 1.54) is 0 Å². The van der Waals surface area contributed by atoms with Crippen molar-refractivity contribution in [1.82, 2.24) is 10.3 Å². The van der Waals surface area contributed by atoms with Crippen LogP contribution in [0.25, 0.3) is 10.6 Å². The molecule has 0 atom stereocenters. The smallest absolute Gasteiger partial charge is 0.251 e. The molecule has 24 heavy (non-hydrogen) atoms. The molecule has 0 radical (unpaired) electrons. The first-order valence-electron chi connectivity index (χ1n) is 7.76. The van der Waals surface area contributed by atoms with Crippen LogP contribution in [0, 0.1) is 0 Å². The number of ether oxygens (including phenoxy) is 1. The van der Waals surface area contributed by atoms with E-state index in [1.807, 2.05) is 42.6 Å². The standard InChI is InChI=1S/C19H18N2O2S/c1-2-23-17-8-6-15(7-9-17)18(22)21-13-14-4-3-5-16(12-14)19-20-10-11-24-19/h3-12H,2,13H2,1H3,(H,21,22). The maximum absolute atomic E-state index is 12.2. The van der Waals surface area contributed by atoms with Gasteiger partial charge in [-0.3, -0.25) is 4.79 Å². The van der Waals surface area contributed by atoms with Gasteiger partial charge >= 0.3 is 0 Å². The van der Waals surface area contributed by atoms with Crippen LogP contribution in [-0.2, 0) is 6.54 Å². The second-order valence-electron chi connectivity index (χ2n) is 5.18. The largest absolute Gasteiger partial charge is 0.494 e. The Bertz CT molecular complexity index is 798. The quantitative estimate of drug-likeness (QED) is 0.735. The Morgan fingerprint density at radius 3 is 2.75 bits per heavy atom. The minimum Gasteiger partial charge on any atom is -0.494 e. The number of nitrogens with zero attached hydrogens (tertiary/aromatic N) is 1. The zero-order chi connectivity index (χ0) is 16.8. The minimum atomic E-state index is -0.0994. The molecule has 0 aliphatic heterocycles. The molecule has 0 fully saturated rings. The number of thiazole rings is 1. The summed E-state index contributed by atoms with van der Waals surface area (Å²) in [5.41, 5.74) is 2.73. The van der Waals surface area contributed by atoms with E-state index in [9.17, 15) is 4.79 Å². The highest BCUT2D eigenvalue weighted by Gasteiger charge is 2.07. The van der Waals surface area contributed by atoms with Gasteiger partial charge in [-0.1, -0.05) is 18.2 Å². The molecule has 0 aliphatic rings. The second-order valence-corrected chi connectivity index (χ2v) is 6.07. The van der Waals surface area contributed by atoms with Crippen molar-refractivity contribution < 1.29 is 9.53 Å². The number of hydrogen-bond donors (Lipinski definition) is 1. The molecule has 5 heteroatoms. The maximum atomic E-state index is 12.2. The molecule has 0 bridgehead atoms. The number of benzene rings is 2. The lowest BCUT2D eigenvalue weighted by Crippen LogP contribution is -2.22. The fraction of sp³-hybridized carbons (Fsp3) is 0.158. The Kier molecular flexibility index (Phi) is 5.23. The SMILES string of the molecule is CCOc1ccc(C(=O)NCc2cccc(-c3nccs3)c2)cc1. The molecule has 1 N–H and O–H groups in total. The predicted molar refractivity (Wildman–Crippen MR) is 96.3 cm³/mol. The highest BCUT2D eigenvalue weighted by Crippen LogP contribution is 2.22. The van der Waals surface area contributed by atoms with Crippen molar-refractivity contribution in [3.8, 4) is 16.3 Å². The van der Waals surface area contributed by atoms with Crippen LogP contribution < -0.4 is 10.1 Å². The highest BCUT2D eigenvalue weighted by molar-refractivity contribution is 7.13. The van der Waals surface area contributed by atoms with Crippen molar-refractivity contribution in [1.29, 1.82) is 0 Å². The average Bonchev–Trinajstić information content (AvgIpc) is 3.16. The topological polar surface area (TPSA) is 51.2 Å². The Hall–Kier alpha value is -2.66. The van der Waals surface area contributed by atoms with Gasteiger partial charge in [-0.25, -0.2) is 4.98 Å². The van der Waals surface area contributed by atoms with Gasteiger partial charge in [-0.2, -0.15) is 0 Å². The van der Waals surface area contributed by atoms with Gasteiger partial charge in [0.15, 0.2) is 0 Å². The van der Waals surface area contributed by atoms with Gasteiger partial charge in [-0.05, 0) is 42.8 Å². The lowest BCUT2D eigenvalue weighted by Gasteiger charge is -2.08. The Balaban J connectivity index is 1.63. The van der Waals surface area contributed by atoms with E-state index in [0.29, 0.717) is 18.7 Å². The average molecular weight is 338 g/mol. The predicted octanol–water partition coefficient (Wildman–Crippen LogP) is 4.14. The minimum absolute atomic E-state index is 0.0994. The van der Waals surface area contributed by atoms with Gasteiger partial charge in [0.25, 0.3) is 5.91 Å². The van der Waals surface area contributed by atoms with Crippen LogP contribution in [0.15, 0.2) is 60.1 Å². The summed E-state index contributed by atoms with van der Waals surface area (Å²) >= 11 is 1.60. The summed E-state index contributed by atoms with van der Waals surface area (Å²) in [4.78, 5) is 16.6. The van der Waals surface area contributed by atoms with Gasteiger partial charge < -0.3 is 10.1 Å². The van der Waals surface area contributed by atoms with Crippen LogP contribution in [0.1, 0.15) is 22.8 Å². The van der Waals surface area contributed by atoms with Crippen molar-refractivity contribution in [3.63, 3.8) is 0 Å². The van der Waals surface area contributed by atoms with Crippen molar-refractivity contribution in [3.05, 3.63) is 71.2 Å². The molecule has 1 aromatic heterocycles. The van der Waals surface area contributed by atoms with Crippen LogP contribution in [0.5, 0.6) is 5.75 Å². The summed E-state index contributed by atoms with van der Waals surface area (Å²) in [5, 5.41) is 5.88. The van der Waals surface area contributed by atoms with Crippen LogP contribution in [0.4, 0.5) is 0 Å². The van der Waals surface area contributed by atoms with Crippen molar-refractivity contribution in [2.45, 2.75) is 13.5 Å². The molecular weight excluding hydrogens is 320 g/mol. The monoisotopic (exact) mass is 338 g/mol. The molecule has 0 saturated heterocycles. The van der Waals surface area contributed by atoms with E-state index in [4.69, 9.17) is 4.74 Å². The third-order valence-electron chi connectivity index (χ3n) is 3.49. The van der Waals surface area contributed by atoms with Gasteiger partial charge in [0.2, 0.25) is 0 Å². The first kappa shape index (κ1) is 16.2. The molecule has 0 unspecified atom stereocenters. The molecule has 0 spiro atoms. The molecular formula is C19H18N2O2S. The molecule has 0 saturated carbocycles. The van der Waals surface area contributed by atoms with Crippen molar-refractivity contribution in [2.24, 2.45) is 0 Å². The molecule has 0 aliphatic carbocycles. The molecule has 3 rings (SSSR count). The lowest BCUT2D eigenvalue weighted by atomic mass is 10.1. The molecule has 1 heterocycles. The fourth-order valence-corrected chi connectivity index (χ4v) is 2.97. The van der Waals surface area contributed by atoms with Crippen molar-refractivity contribution in [2.75, 3.05) is 6.61 Å². The van der Waals surface area contributed by atoms with Gasteiger partial charge in [0, 0.05) is 29.2 Å². The van der Waals surface area contributed by atoms with Crippen LogP contribution in [0.2, 0.25) is 0 Å². The molecule has 4 nitrogen and oxygen atoms in total. The lowest BCUT2D eigenvalue weighted by molar-refractivity contribution is 0.0951. The van der Waals surface area contributed by atoms with Crippen molar-refractivity contribution >= 4 is 17.2 Å². The van der Waals surface area contributed by atoms with Gasteiger partial charge in [0.1, 0.15) is 10.8 Å². The number of hydrogen-bond acceptors (Lipinski definition) is 4. The van der Waals surface area contributed by atoms with E-state index in [1.54, 1.807) is 29.7 Å². The summed E-state index contributed by atoms with van der Waals surface area (Å²) in [5.74, 6) is 0.669. The van der Waals surface area contributed by atoms with E-state index in [0.717, 1.165) is 21.9 Å². The summed E-state index contributed by atoms with van der Waals surface area (Å²) in [6, 6.07) is 15.2. The number of aromatic nitrogens is 1. The van der Waals surface area contributed by atoms with E-state index in [2.05, 4.69) is 16.4 Å². The second kappa shape index (κ2) is 7.75. The Morgan fingerprint density at radius 1 is 1.21 bits per heavy atom. The van der Waals surface area contributed by atoms with E-state index < -0.39 is 0 Å². The first-order valence-corrected chi connectivity index (χ1v) is 8.64. The number of rotatable bonds is 6. The van der Waals surface area contributed by atoms with Crippen LogP contribution >= 0.6 is 11.3 Å². The number of carbonyl (C=O) groups is 1. The third kappa shape index (κ3) is 4.00. The summed E-state index contributed by atoms with van der Waals surface area (Å²) in [7, 11) is 0.